The van der Waals surface area contributed by atoms with Crippen LogP contribution in [-0.2, 0) is 24.8 Å². The lowest BCUT2D eigenvalue weighted by molar-refractivity contribution is 0.158. The lowest BCUT2D eigenvalue weighted by Gasteiger charge is -2.09. The molecule has 1 aromatic rings. The molecule has 0 aliphatic carbocycles. The molecule has 1 heterocycles. The Morgan fingerprint density at radius 2 is 2.07 bits per heavy atom. The predicted molar refractivity (Wildman–Crippen MR) is 53.6 cm³/mol. The van der Waals surface area contributed by atoms with Gasteiger partial charge in [-0.3, -0.25) is 0 Å². The molecule has 1 atom stereocenters. The summed E-state index contributed by atoms with van der Waals surface area (Å²) >= 11 is 0. The van der Waals surface area contributed by atoms with Crippen LogP contribution in [0.4, 0.5) is 0 Å². The van der Waals surface area contributed by atoms with E-state index in [4.69, 9.17) is 10.5 Å². The summed E-state index contributed by atoms with van der Waals surface area (Å²) in [5.74, 6) is 2.24. The Kier molecular flexibility index (Phi) is 4.03. The zero-order chi connectivity index (χ0) is 10.6. The highest BCUT2D eigenvalue weighted by molar-refractivity contribution is 4.95. The second kappa shape index (κ2) is 5.07. The zero-order valence-electron chi connectivity index (χ0n) is 9.03. The number of nitrogens with zero attached hydrogens (tertiary/aromatic N) is 3. The fourth-order valence-electron chi connectivity index (χ4n) is 1.41. The average molecular weight is 198 g/mol. The number of ether oxygens (including phenoxy) is 1. The van der Waals surface area contributed by atoms with Crippen molar-refractivity contribution < 1.29 is 4.74 Å². The van der Waals surface area contributed by atoms with Crippen molar-refractivity contribution in [3.8, 4) is 0 Å². The van der Waals surface area contributed by atoms with E-state index in [9.17, 15) is 0 Å². The van der Waals surface area contributed by atoms with Crippen LogP contribution in [0.15, 0.2) is 0 Å². The molecule has 1 rings (SSSR count). The third kappa shape index (κ3) is 2.52. The number of aromatic nitrogens is 3. The summed E-state index contributed by atoms with van der Waals surface area (Å²) in [4.78, 5) is 0. The van der Waals surface area contributed by atoms with Gasteiger partial charge in [-0.15, -0.1) is 10.2 Å². The maximum absolute atomic E-state index is 5.51. The summed E-state index contributed by atoms with van der Waals surface area (Å²) in [7, 11) is 3.65. The van der Waals surface area contributed by atoms with Crippen molar-refractivity contribution in [3.05, 3.63) is 11.6 Å². The first-order chi connectivity index (χ1) is 6.69. The fourth-order valence-corrected chi connectivity index (χ4v) is 1.41. The molecule has 0 bridgehead atoms. The van der Waals surface area contributed by atoms with Crippen LogP contribution in [0.1, 0.15) is 18.6 Å². The maximum atomic E-state index is 5.51. The summed E-state index contributed by atoms with van der Waals surface area (Å²) in [5.41, 5.74) is 5.51. The van der Waals surface area contributed by atoms with Gasteiger partial charge in [0.05, 0.1) is 6.54 Å². The van der Waals surface area contributed by atoms with Crippen LogP contribution < -0.4 is 5.73 Å². The summed E-state index contributed by atoms with van der Waals surface area (Å²) in [6, 6.07) is 0. The molecule has 5 heteroatoms. The Hall–Kier alpha value is -0.940. The number of nitrogens with two attached hydrogens (primary N) is 1. The van der Waals surface area contributed by atoms with E-state index >= 15 is 0 Å². The van der Waals surface area contributed by atoms with E-state index in [-0.39, 0.29) is 0 Å². The van der Waals surface area contributed by atoms with Gasteiger partial charge in [0.2, 0.25) is 0 Å². The quantitative estimate of drug-likeness (QED) is 0.728. The smallest absolute Gasteiger partial charge is 0.146 e. The number of hydrogen-bond donors (Lipinski definition) is 1. The van der Waals surface area contributed by atoms with Crippen molar-refractivity contribution >= 4 is 0 Å². The molecule has 5 nitrogen and oxygen atoms in total. The van der Waals surface area contributed by atoms with Gasteiger partial charge in [0, 0.05) is 27.2 Å². The standard InChI is InChI=1S/C9H18N4O/c1-7(6-14-3)4-8-11-12-9(5-10)13(8)2/h7H,4-6,10H2,1-3H3. The first kappa shape index (κ1) is 11.1. The number of rotatable bonds is 5. The van der Waals surface area contributed by atoms with Gasteiger partial charge in [-0.25, -0.2) is 0 Å². The van der Waals surface area contributed by atoms with Crippen molar-refractivity contribution in [1.82, 2.24) is 14.8 Å². The second-order valence-corrected chi connectivity index (χ2v) is 3.56. The third-order valence-corrected chi connectivity index (χ3v) is 2.22. The first-order valence-electron chi connectivity index (χ1n) is 4.75. The van der Waals surface area contributed by atoms with E-state index in [2.05, 4.69) is 17.1 Å². The van der Waals surface area contributed by atoms with Crippen LogP contribution in [0.2, 0.25) is 0 Å². The van der Waals surface area contributed by atoms with Crippen LogP contribution in [-0.4, -0.2) is 28.5 Å². The monoisotopic (exact) mass is 198 g/mol. The van der Waals surface area contributed by atoms with Crippen LogP contribution in [0.25, 0.3) is 0 Å². The molecule has 0 aliphatic heterocycles. The van der Waals surface area contributed by atoms with Gasteiger partial charge in [0.25, 0.3) is 0 Å². The van der Waals surface area contributed by atoms with Gasteiger partial charge in [0.15, 0.2) is 0 Å². The highest BCUT2D eigenvalue weighted by Gasteiger charge is 2.10. The van der Waals surface area contributed by atoms with Crippen molar-refractivity contribution in [2.24, 2.45) is 18.7 Å². The molecule has 80 valence electrons. The molecular formula is C9H18N4O. The minimum Gasteiger partial charge on any atom is -0.384 e. The van der Waals surface area contributed by atoms with E-state index < -0.39 is 0 Å². The Morgan fingerprint density at radius 1 is 1.43 bits per heavy atom. The van der Waals surface area contributed by atoms with Crippen LogP contribution in [0.5, 0.6) is 0 Å². The maximum Gasteiger partial charge on any atom is 0.146 e. The third-order valence-electron chi connectivity index (χ3n) is 2.22. The molecule has 0 fully saturated rings. The van der Waals surface area contributed by atoms with Crippen molar-refractivity contribution in [2.45, 2.75) is 19.9 Å². The SMILES string of the molecule is COCC(C)Cc1nnc(CN)n1C. The van der Waals surface area contributed by atoms with Crippen LogP contribution >= 0.6 is 0 Å². The van der Waals surface area contributed by atoms with Gasteiger partial charge < -0.3 is 15.0 Å². The molecule has 1 aromatic heterocycles. The highest BCUT2D eigenvalue weighted by Crippen LogP contribution is 2.07. The average Bonchev–Trinajstić information content (AvgIpc) is 2.48. The molecule has 0 radical (unpaired) electrons. The minimum atomic E-state index is 0.433. The van der Waals surface area contributed by atoms with Gasteiger partial charge >= 0.3 is 0 Å². The Bertz CT molecular complexity index is 284. The van der Waals surface area contributed by atoms with Gasteiger partial charge in [-0.2, -0.15) is 0 Å². The molecule has 14 heavy (non-hydrogen) atoms. The Morgan fingerprint density at radius 3 is 2.57 bits per heavy atom. The topological polar surface area (TPSA) is 66.0 Å². The predicted octanol–water partition coefficient (Wildman–Crippen LogP) is 0.0988. The molecule has 0 spiro atoms. The molecule has 0 saturated heterocycles. The Labute approximate surface area is 84.3 Å². The first-order valence-corrected chi connectivity index (χ1v) is 4.75. The van der Waals surface area contributed by atoms with Crippen LogP contribution in [0.3, 0.4) is 0 Å². The molecular weight excluding hydrogens is 180 g/mol. The van der Waals surface area contributed by atoms with Crippen molar-refractivity contribution in [3.63, 3.8) is 0 Å². The van der Waals surface area contributed by atoms with Gasteiger partial charge in [-0.05, 0) is 5.92 Å². The summed E-state index contributed by atoms with van der Waals surface area (Å²) in [6.07, 6.45) is 0.872. The molecule has 1 unspecified atom stereocenters. The van der Waals surface area contributed by atoms with Gasteiger partial charge in [-0.1, -0.05) is 6.92 Å². The lowest BCUT2D eigenvalue weighted by atomic mass is 10.1. The van der Waals surface area contributed by atoms with Crippen LogP contribution in [0, 0.1) is 5.92 Å². The lowest BCUT2D eigenvalue weighted by Crippen LogP contribution is -2.12. The Balaban J connectivity index is 2.62. The summed E-state index contributed by atoms with van der Waals surface area (Å²) in [5, 5.41) is 8.08. The molecule has 0 saturated carbocycles. The number of hydrogen-bond acceptors (Lipinski definition) is 4. The summed E-state index contributed by atoms with van der Waals surface area (Å²) in [6.45, 7) is 3.30. The van der Waals surface area contributed by atoms with E-state index in [1.54, 1.807) is 7.11 Å². The normalized spacial score (nSPS) is 13.1. The minimum absolute atomic E-state index is 0.433. The molecule has 0 aromatic carbocycles. The number of methoxy groups -OCH3 is 1. The van der Waals surface area contributed by atoms with Gasteiger partial charge in [0.1, 0.15) is 11.6 Å². The van der Waals surface area contributed by atoms with E-state index in [0.717, 1.165) is 24.7 Å². The van der Waals surface area contributed by atoms with E-state index in [0.29, 0.717) is 12.5 Å². The van der Waals surface area contributed by atoms with E-state index in [1.165, 1.54) is 0 Å². The highest BCUT2D eigenvalue weighted by atomic mass is 16.5. The van der Waals surface area contributed by atoms with E-state index in [1.807, 2.05) is 11.6 Å². The fraction of sp³-hybridized carbons (Fsp3) is 0.778. The zero-order valence-corrected chi connectivity index (χ0v) is 9.03. The molecule has 2 N–H and O–H groups in total. The van der Waals surface area contributed by atoms with Crippen molar-refractivity contribution in [1.29, 1.82) is 0 Å². The molecule has 0 amide bonds. The molecule has 0 aliphatic rings. The second-order valence-electron chi connectivity index (χ2n) is 3.56. The summed E-state index contributed by atoms with van der Waals surface area (Å²) < 4.78 is 7.02. The largest absolute Gasteiger partial charge is 0.384 e. The van der Waals surface area contributed by atoms with Crippen molar-refractivity contribution in [2.75, 3.05) is 13.7 Å².